The van der Waals surface area contributed by atoms with Crippen molar-refractivity contribution in [1.29, 1.82) is 0 Å². The normalized spacial score (nSPS) is 11.2. The van der Waals surface area contributed by atoms with Gasteiger partial charge in [-0.3, -0.25) is 4.79 Å². The topological polar surface area (TPSA) is 68.0 Å². The van der Waals surface area contributed by atoms with Gasteiger partial charge in [0.2, 0.25) is 5.91 Å². The monoisotopic (exact) mass is 367 g/mol. The number of carbonyl (C=O) groups is 1. The molecular formula is C15H15BrClN3O. The second-order valence-corrected chi connectivity index (χ2v) is 6.47. The number of anilines is 2. The van der Waals surface area contributed by atoms with Crippen LogP contribution in [0.3, 0.4) is 0 Å². The van der Waals surface area contributed by atoms with E-state index in [4.69, 9.17) is 17.3 Å². The van der Waals surface area contributed by atoms with E-state index in [1.807, 2.05) is 26.0 Å². The van der Waals surface area contributed by atoms with Crippen molar-refractivity contribution < 1.29 is 4.79 Å². The number of amides is 1. The lowest BCUT2D eigenvalue weighted by molar-refractivity contribution is -0.120. The van der Waals surface area contributed by atoms with E-state index in [2.05, 4.69) is 26.2 Å². The third-order valence-corrected chi connectivity index (χ3v) is 3.99. The molecule has 21 heavy (non-hydrogen) atoms. The summed E-state index contributed by atoms with van der Waals surface area (Å²) in [5.74, 6) is -0.172. The summed E-state index contributed by atoms with van der Waals surface area (Å²) in [6, 6.07) is 8.95. The van der Waals surface area contributed by atoms with E-state index in [0.717, 1.165) is 10.0 Å². The molecule has 1 aromatic carbocycles. The zero-order chi connectivity index (χ0) is 15.6. The van der Waals surface area contributed by atoms with Gasteiger partial charge < -0.3 is 11.1 Å². The number of nitrogens with two attached hydrogens (primary N) is 1. The van der Waals surface area contributed by atoms with Crippen LogP contribution >= 0.6 is 27.5 Å². The molecule has 0 aliphatic heterocycles. The summed E-state index contributed by atoms with van der Waals surface area (Å²) in [5.41, 5.74) is 6.95. The van der Waals surface area contributed by atoms with Crippen LogP contribution in [0.5, 0.6) is 0 Å². The molecule has 0 saturated heterocycles. The highest BCUT2D eigenvalue weighted by molar-refractivity contribution is 9.10. The van der Waals surface area contributed by atoms with Crippen LogP contribution in [0.1, 0.15) is 19.4 Å². The Labute approximate surface area is 136 Å². The molecule has 0 radical (unpaired) electrons. The van der Waals surface area contributed by atoms with Crippen molar-refractivity contribution in [2.45, 2.75) is 19.3 Å². The third-order valence-electron chi connectivity index (χ3n) is 3.25. The smallest absolute Gasteiger partial charge is 0.234 e. The third kappa shape index (κ3) is 3.54. The van der Waals surface area contributed by atoms with E-state index in [0.29, 0.717) is 11.4 Å². The molecule has 3 N–H and O–H groups in total. The van der Waals surface area contributed by atoms with E-state index >= 15 is 0 Å². The summed E-state index contributed by atoms with van der Waals surface area (Å²) < 4.78 is 0.743. The Kier molecular flexibility index (Phi) is 4.54. The van der Waals surface area contributed by atoms with E-state index in [1.165, 1.54) is 0 Å². The summed E-state index contributed by atoms with van der Waals surface area (Å²) in [6.45, 7) is 3.68. The van der Waals surface area contributed by atoms with Crippen molar-refractivity contribution in [2.75, 3.05) is 11.1 Å². The minimum atomic E-state index is -0.723. The first-order chi connectivity index (χ1) is 9.80. The van der Waals surface area contributed by atoms with Gasteiger partial charge in [-0.2, -0.15) is 0 Å². The molecular weight excluding hydrogens is 354 g/mol. The van der Waals surface area contributed by atoms with Crippen LogP contribution in [0.25, 0.3) is 0 Å². The quantitative estimate of drug-likeness (QED) is 0.635. The zero-order valence-electron chi connectivity index (χ0n) is 11.7. The maximum atomic E-state index is 12.5. The van der Waals surface area contributed by atoms with E-state index in [1.54, 1.807) is 24.4 Å². The summed E-state index contributed by atoms with van der Waals surface area (Å²) in [7, 11) is 0. The molecule has 0 unspecified atom stereocenters. The van der Waals surface area contributed by atoms with Gasteiger partial charge in [-0.05, 0) is 53.5 Å². The summed E-state index contributed by atoms with van der Waals surface area (Å²) in [5, 5.41) is 3.06. The second kappa shape index (κ2) is 6.03. The molecule has 1 heterocycles. The van der Waals surface area contributed by atoms with Gasteiger partial charge in [0.1, 0.15) is 0 Å². The van der Waals surface area contributed by atoms with Crippen LogP contribution < -0.4 is 11.1 Å². The van der Waals surface area contributed by atoms with Crippen molar-refractivity contribution in [2.24, 2.45) is 0 Å². The van der Waals surface area contributed by atoms with Crippen LogP contribution in [0.4, 0.5) is 11.4 Å². The fourth-order valence-electron chi connectivity index (χ4n) is 1.82. The SMILES string of the molecule is CC(C)(C(=O)Nc1cc(Br)cnc1Cl)c1ccc(N)cc1. The first-order valence-electron chi connectivity index (χ1n) is 6.29. The highest BCUT2D eigenvalue weighted by Crippen LogP contribution is 2.28. The number of nitrogens with zero attached hydrogens (tertiary/aromatic N) is 1. The van der Waals surface area contributed by atoms with Gasteiger partial charge >= 0.3 is 0 Å². The van der Waals surface area contributed by atoms with Gasteiger partial charge in [0.05, 0.1) is 11.1 Å². The molecule has 0 aliphatic rings. The Morgan fingerprint density at radius 2 is 1.95 bits per heavy atom. The fourth-order valence-corrected chi connectivity index (χ4v) is 2.30. The lowest BCUT2D eigenvalue weighted by Crippen LogP contribution is -2.34. The lowest BCUT2D eigenvalue weighted by atomic mass is 9.83. The maximum absolute atomic E-state index is 12.5. The minimum Gasteiger partial charge on any atom is -0.399 e. The van der Waals surface area contributed by atoms with Gasteiger partial charge in [-0.1, -0.05) is 23.7 Å². The molecule has 0 saturated carbocycles. The average Bonchev–Trinajstić information content (AvgIpc) is 2.43. The molecule has 1 aromatic heterocycles. The highest BCUT2D eigenvalue weighted by atomic mass is 79.9. The van der Waals surface area contributed by atoms with Crippen molar-refractivity contribution in [1.82, 2.24) is 4.98 Å². The molecule has 2 rings (SSSR count). The molecule has 2 aromatic rings. The standard InChI is InChI=1S/C15H15BrClN3O/c1-15(2,9-3-5-11(18)6-4-9)14(21)20-12-7-10(16)8-19-13(12)17/h3-8H,18H2,1-2H3,(H,20,21). The molecule has 0 atom stereocenters. The molecule has 0 bridgehead atoms. The summed E-state index contributed by atoms with van der Waals surface area (Å²) >= 11 is 9.30. The molecule has 0 aliphatic carbocycles. The molecule has 4 nitrogen and oxygen atoms in total. The first-order valence-corrected chi connectivity index (χ1v) is 7.46. The zero-order valence-corrected chi connectivity index (χ0v) is 14.0. The molecule has 6 heteroatoms. The largest absolute Gasteiger partial charge is 0.399 e. The number of hydrogen-bond acceptors (Lipinski definition) is 3. The number of halogens is 2. The van der Waals surface area contributed by atoms with E-state index in [9.17, 15) is 4.79 Å². The van der Waals surface area contributed by atoms with Crippen LogP contribution in [0, 0.1) is 0 Å². The van der Waals surface area contributed by atoms with E-state index in [-0.39, 0.29) is 11.1 Å². The average molecular weight is 369 g/mol. The van der Waals surface area contributed by atoms with Crippen molar-refractivity contribution in [3.8, 4) is 0 Å². The van der Waals surface area contributed by atoms with Gasteiger partial charge in [0.25, 0.3) is 0 Å². The lowest BCUT2D eigenvalue weighted by Gasteiger charge is -2.24. The minimum absolute atomic E-state index is 0.172. The van der Waals surface area contributed by atoms with Crippen LogP contribution in [-0.2, 0) is 10.2 Å². The second-order valence-electron chi connectivity index (χ2n) is 5.19. The van der Waals surface area contributed by atoms with E-state index < -0.39 is 5.41 Å². The Bertz CT molecular complexity index is 671. The summed E-state index contributed by atoms with van der Waals surface area (Å²) in [6.07, 6.45) is 1.57. The van der Waals surface area contributed by atoms with Gasteiger partial charge in [-0.15, -0.1) is 0 Å². The number of nitrogens with one attached hydrogen (secondary N) is 1. The number of rotatable bonds is 3. The maximum Gasteiger partial charge on any atom is 0.234 e. The predicted molar refractivity (Wildman–Crippen MR) is 89.5 cm³/mol. The predicted octanol–water partition coefficient (Wildman–Crippen LogP) is 4.00. The molecule has 0 spiro atoms. The van der Waals surface area contributed by atoms with Crippen LogP contribution in [0.2, 0.25) is 5.15 Å². The van der Waals surface area contributed by atoms with Gasteiger partial charge in [0, 0.05) is 16.4 Å². The molecule has 0 fully saturated rings. The first kappa shape index (κ1) is 15.8. The number of aromatic nitrogens is 1. The Morgan fingerprint density at radius 3 is 2.57 bits per heavy atom. The van der Waals surface area contributed by atoms with Crippen molar-refractivity contribution in [3.63, 3.8) is 0 Å². The Balaban J connectivity index is 2.26. The van der Waals surface area contributed by atoms with Gasteiger partial charge in [-0.25, -0.2) is 4.98 Å². The molecule has 1 amide bonds. The van der Waals surface area contributed by atoms with Crippen molar-refractivity contribution >= 4 is 44.8 Å². The number of hydrogen-bond donors (Lipinski definition) is 2. The Morgan fingerprint density at radius 1 is 1.33 bits per heavy atom. The van der Waals surface area contributed by atoms with Crippen molar-refractivity contribution in [3.05, 3.63) is 51.7 Å². The van der Waals surface area contributed by atoms with Crippen LogP contribution in [-0.4, -0.2) is 10.9 Å². The number of pyridine rings is 1. The summed E-state index contributed by atoms with van der Waals surface area (Å²) in [4.78, 5) is 16.5. The van der Waals surface area contributed by atoms with Crippen LogP contribution in [0.15, 0.2) is 41.0 Å². The number of benzene rings is 1. The highest BCUT2D eigenvalue weighted by Gasteiger charge is 2.30. The fraction of sp³-hybridized carbons (Fsp3) is 0.200. The number of carbonyl (C=O) groups excluding carboxylic acids is 1. The molecule has 110 valence electrons. The number of nitrogen functional groups attached to an aromatic ring is 1. The van der Waals surface area contributed by atoms with Gasteiger partial charge in [0.15, 0.2) is 5.15 Å². The Hall–Kier alpha value is -1.59.